The maximum Gasteiger partial charge on any atom is 0.191 e. The van der Waals surface area contributed by atoms with Crippen molar-refractivity contribution in [2.45, 2.75) is 58.9 Å². The Labute approximate surface area is 190 Å². The highest BCUT2D eigenvalue weighted by Gasteiger charge is 2.33. The lowest BCUT2D eigenvalue weighted by atomic mass is 9.83. The van der Waals surface area contributed by atoms with Gasteiger partial charge in [0.1, 0.15) is 0 Å². The molecule has 0 aromatic heterocycles. The smallest absolute Gasteiger partial charge is 0.191 e. The molecule has 0 aromatic rings. The monoisotopic (exact) mass is 509 g/mol. The minimum Gasteiger partial charge on any atom is -0.382 e. The molecule has 166 valence electrons. The summed E-state index contributed by atoms with van der Waals surface area (Å²) in [6, 6.07) is 0.529. The highest BCUT2D eigenvalue weighted by atomic mass is 127. The number of ether oxygens (including phenoxy) is 1. The molecule has 1 unspecified atom stereocenters. The van der Waals surface area contributed by atoms with Crippen LogP contribution in [0.2, 0.25) is 0 Å². The van der Waals surface area contributed by atoms with Gasteiger partial charge >= 0.3 is 0 Å². The minimum absolute atomic E-state index is 0. The van der Waals surface area contributed by atoms with Crippen molar-refractivity contribution in [1.82, 2.24) is 20.4 Å². The van der Waals surface area contributed by atoms with Crippen molar-refractivity contribution < 1.29 is 4.74 Å². The van der Waals surface area contributed by atoms with Gasteiger partial charge in [0.05, 0.1) is 0 Å². The number of nitrogens with one attached hydrogen (secondary N) is 2. The lowest BCUT2D eigenvalue weighted by molar-refractivity contribution is 0.104. The average Bonchev–Trinajstić information content (AvgIpc) is 3.17. The van der Waals surface area contributed by atoms with Gasteiger partial charge < -0.3 is 20.3 Å². The summed E-state index contributed by atoms with van der Waals surface area (Å²) in [5, 5.41) is 7.16. The van der Waals surface area contributed by atoms with Crippen LogP contribution in [-0.2, 0) is 4.74 Å². The molecule has 28 heavy (non-hydrogen) atoms. The van der Waals surface area contributed by atoms with Crippen molar-refractivity contribution in [3.63, 3.8) is 0 Å². The molecule has 0 radical (unpaired) electrons. The zero-order valence-corrected chi connectivity index (χ0v) is 21.0. The molecule has 0 spiro atoms. The van der Waals surface area contributed by atoms with Gasteiger partial charge in [-0.1, -0.05) is 19.8 Å². The number of guanidine groups is 1. The molecule has 1 saturated heterocycles. The van der Waals surface area contributed by atoms with Gasteiger partial charge in [-0.2, -0.15) is 0 Å². The Bertz CT molecular complexity index is 435. The van der Waals surface area contributed by atoms with Crippen LogP contribution in [0.5, 0.6) is 0 Å². The number of aliphatic imine (C=N–C) groups is 1. The lowest BCUT2D eigenvalue weighted by Gasteiger charge is -2.38. The third kappa shape index (κ3) is 8.32. The first kappa shape index (κ1) is 25.9. The van der Waals surface area contributed by atoms with Crippen LogP contribution in [0.1, 0.15) is 52.9 Å². The number of likely N-dealkylation sites (N-methyl/N-ethyl adjacent to an activating group) is 1. The summed E-state index contributed by atoms with van der Waals surface area (Å²) < 4.78 is 5.63. The zero-order valence-electron chi connectivity index (χ0n) is 18.6. The van der Waals surface area contributed by atoms with E-state index in [1.807, 2.05) is 7.05 Å². The summed E-state index contributed by atoms with van der Waals surface area (Å²) in [6.07, 6.45) is 6.47. The van der Waals surface area contributed by atoms with Crippen molar-refractivity contribution in [2.75, 3.05) is 66.1 Å². The van der Waals surface area contributed by atoms with Crippen molar-refractivity contribution in [3.05, 3.63) is 0 Å². The zero-order chi connectivity index (χ0) is 19.5. The van der Waals surface area contributed by atoms with Gasteiger partial charge in [0.25, 0.3) is 0 Å². The molecule has 0 aromatic carbocycles. The van der Waals surface area contributed by atoms with E-state index in [0.29, 0.717) is 11.5 Å². The standard InChI is InChI=1S/C21H43N5O.HI/c1-5-25-12-14-26(15-13-25)19(3)17-23-20(22-4)24-18-21(9-7-8-10-21)11-16-27-6-2;/h19H,5-18H2,1-4H3,(H2,22,23,24);1H. The van der Waals surface area contributed by atoms with Crippen molar-refractivity contribution in [2.24, 2.45) is 10.4 Å². The van der Waals surface area contributed by atoms with Crippen LogP contribution in [0.3, 0.4) is 0 Å². The number of hydrogen-bond acceptors (Lipinski definition) is 4. The Morgan fingerprint density at radius 2 is 1.79 bits per heavy atom. The molecule has 2 fully saturated rings. The second kappa shape index (κ2) is 14.0. The predicted octanol–water partition coefficient (Wildman–Crippen LogP) is 2.78. The maximum atomic E-state index is 5.63. The van der Waals surface area contributed by atoms with E-state index in [2.05, 4.69) is 46.2 Å². The number of rotatable bonds is 10. The van der Waals surface area contributed by atoms with Crippen LogP contribution in [0, 0.1) is 5.41 Å². The fourth-order valence-corrected chi connectivity index (χ4v) is 4.46. The van der Waals surface area contributed by atoms with E-state index in [1.165, 1.54) is 58.4 Å². The molecular formula is C21H44IN5O. The first-order valence-corrected chi connectivity index (χ1v) is 11.1. The molecule has 0 bridgehead atoms. The molecule has 2 N–H and O–H groups in total. The molecule has 1 heterocycles. The molecular weight excluding hydrogens is 465 g/mol. The van der Waals surface area contributed by atoms with Crippen LogP contribution in [0.15, 0.2) is 4.99 Å². The Hall–Kier alpha value is -0.120. The lowest BCUT2D eigenvalue weighted by Crippen LogP contribution is -2.53. The van der Waals surface area contributed by atoms with E-state index >= 15 is 0 Å². The van der Waals surface area contributed by atoms with Crippen LogP contribution >= 0.6 is 24.0 Å². The number of hydrogen-bond donors (Lipinski definition) is 2. The molecule has 6 nitrogen and oxygen atoms in total. The van der Waals surface area contributed by atoms with Crippen molar-refractivity contribution >= 4 is 29.9 Å². The fraction of sp³-hybridized carbons (Fsp3) is 0.952. The van der Waals surface area contributed by atoms with Gasteiger partial charge in [0.2, 0.25) is 0 Å². The number of halogens is 1. The van der Waals surface area contributed by atoms with Crippen molar-refractivity contribution in [3.8, 4) is 0 Å². The predicted molar refractivity (Wildman–Crippen MR) is 130 cm³/mol. The summed E-state index contributed by atoms with van der Waals surface area (Å²) in [5.41, 5.74) is 0.384. The van der Waals surface area contributed by atoms with Gasteiger partial charge in [-0.05, 0) is 45.1 Å². The van der Waals surface area contributed by atoms with Crippen LogP contribution < -0.4 is 10.6 Å². The summed E-state index contributed by atoms with van der Waals surface area (Å²) in [4.78, 5) is 9.57. The number of nitrogens with zero attached hydrogens (tertiary/aromatic N) is 3. The average molecular weight is 510 g/mol. The van der Waals surface area contributed by atoms with E-state index in [4.69, 9.17) is 4.74 Å². The SMILES string of the molecule is CCOCCC1(CNC(=NC)NCC(C)N2CCN(CC)CC2)CCCC1.I. The highest BCUT2D eigenvalue weighted by molar-refractivity contribution is 14.0. The summed E-state index contributed by atoms with van der Waals surface area (Å²) in [5.74, 6) is 0.941. The highest BCUT2D eigenvalue weighted by Crippen LogP contribution is 2.40. The Kier molecular flexibility index (Phi) is 12.9. The second-order valence-corrected chi connectivity index (χ2v) is 8.28. The van der Waals surface area contributed by atoms with E-state index in [9.17, 15) is 0 Å². The first-order chi connectivity index (χ1) is 13.1. The van der Waals surface area contributed by atoms with Gasteiger partial charge in [0.15, 0.2) is 5.96 Å². The van der Waals surface area contributed by atoms with Crippen LogP contribution in [0.4, 0.5) is 0 Å². The minimum atomic E-state index is 0. The Morgan fingerprint density at radius 1 is 1.11 bits per heavy atom. The normalized spacial score (nSPS) is 21.9. The van der Waals surface area contributed by atoms with Gasteiger partial charge in [-0.25, -0.2) is 0 Å². The van der Waals surface area contributed by atoms with Crippen LogP contribution in [-0.4, -0.2) is 87.9 Å². The topological polar surface area (TPSA) is 52.1 Å². The first-order valence-electron chi connectivity index (χ1n) is 11.1. The third-order valence-electron chi connectivity index (χ3n) is 6.54. The quantitative estimate of drug-likeness (QED) is 0.205. The molecule has 7 heteroatoms. The van der Waals surface area contributed by atoms with E-state index in [1.54, 1.807) is 0 Å². The molecule has 1 aliphatic carbocycles. The van der Waals surface area contributed by atoms with E-state index in [-0.39, 0.29) is 24.0 Å². The second-order valence-electron chi connectivity index (χ2n) is 8.28. The largest absolute Gasteiger partial charge is 0.382 e. The summed E-state index contributed by atoms with van der Waals surface area (Å²) >= 11 is 0. The molecule has 1 aliphatic heterocycles. The Morgan fingerprint density at radius 3 is 2.36 bits per heavy atom. The maximum absolute atomic E-state index is 5.63. The molecule has 2 aliphatic rings. The number of piperazine rings is 1. The van der Waals surface area contributed by atoms with Gasteiger partial charge in [0, 0.05) is 65.6 Å². The molecule has 1 saturated carbocycles. The molecule has 1 atom stereocenters. The van der Waals surface area contributed by atoms with Gasteiger partial charge in [-0.15, -0.1) is 24.0 Å². The van der Waals surface area contributed by atoms with E-state index < -0.39 is 0 Å². The fourth-order valence-electron chi connectivity index (χ4n) is 4.46. The van der Waals surface area contributed by atoms with Crippen LogP contribution in [0.25, 0.3) is 0 Å². The molecule has 2 rings (SSSR count). The summed E-state index contributed by atoms with van der Waals surface area (Å²) in [6.45, 7) is 16.2. The Balaban J connectivity index is 0.00000392. The van der Waals surface area contributed by atoms with E-state index in [0.717, 1.165) is 38.7 Å². The van der Waals surface area contributed by atoms with Crippen molar-refractivity contribution in [1.29, 1.82) is 0 Å². The summed E-state index contributed by atoms with van der Waals surface area (Å²) in [7, 11) is 1.88. The van der Waals surface area contributed by atoms with Gasteiger partial charge in [-0.3, -0.25) is 9.89 Å². The molecule has 0 amide bonds. The third-order valence-corrected chi connectivity index (χ3v) is 6.54.